The van der Waals surface area contributed by atoms with E-state index in [-0.39, 0.29) is 24.5 Å². The van der Waals surface area contributed by atoms with Crippen LogP contribution in [-0.4, -0.2) is 64.9 Å². The number of nitrogens with zero attached hydrogens (tertiary/aromatic N) is 2. The number of rotatable bonds is 4. The van der Waals surface area contributed by atoms with Gasteiger partial charge in [-0.15, -0.1) is 0 Å². The van der Waals surface area contributed by atoms with Gasteiger partial charge in [0, 0.05) is 12.6 Å². The zero-order chi connectivity index (χ0) is 18.0. The number of hydrogen-bond donors (Lipinski definition) is 1. The van der Waals surface area contributed by atoms with Crippen molar-refractivity contribution in [1.82, 2.24) is 15.1 Å². The Morgan fingerprint density at radius 3 is 2.60 bits per heavy atom. The first-order chi connectivity index (χ1) is 11.9. The van der Waals surface area contributed by atoms with Gasteiger partial charge >= 0.3 is 12.0 Å². The molecule has 3 rings (SSSR count). The van der Waals surface area contributed by atoms with E-state index < -0.39 is 24.1 Å². The van der Waals surface area contributed by atoms with Crippen LogP contribution in [0.25, 0.3) is 0 Å². The quantitative estimate of drug-likeness (QED) is 0.597. The van der Waals surface area contributed by atoms with Crippen molar-refractivity contribution in [3.05, 3.63) is 0 Å². The van der Waals surface area contributed by atoms with E-state index >= 15 is 0 Å². The molecule has 1 aliphatic carbocycles. The highest BCUT2D eigenvalue weighted by Crippen LogP contribution is 2.34. The van der Waals surface area contributed by atoms with Gasteiger partial charge < -0.3 is 15.0 Å². The average Bonchev–Trinajstić information content (AvgIpc) is 3.14. The second-order valence-corrected chi connectivity index (χ2v) is 7.20. The first-order valence-electron chi connectivity index (χ1n) is 9.02. The van der Waals surface area contributed by atoms with Crippen LogP contribution >= 0.6 is 0 Å². The van der Waals surface area contributed by atoms with Crippen molar-refractivity contribution in [2.75, 3.05) is 19.7 Å². The van der Waals surface area contributed by atoms with Gasteiger partial charge in [-0.2, -0.15) is 0 Å². The fourth-order valence-corrected chi connectivity index (χ4v) is 4.01. The van der Waals surface area contributed by atoms with Gasteiger partial charge in [0.05, 0.1) is 0 Å². The fourth-order valence-electron chi connectivity index (χ4n) is 4.01. The molecule has 2 aliphatic heterocycles. The first-order valence-corrected chi connectivity index (χ1v) is 9.02. The molecule has 4 amide bonds. The van der Waals surface area contributed by atoms with Gasteiger partial charge in [0.1, 0.15) is 12.1 Å². The van der Waals surface area contributed by atoms with Crippen molar-refractivity contribution in [2.45, 2.75) is 63.5 Å². The van der Waals surface area contributed by atoms with E-state index in [1.54, 1.807) is 4.90 Å². The predicted octanol–water partition coefficient (Wildman–Crippen LogP) is 0.795. The van der Waals surface area contributed by atoms with E-state index in [0.717, 1.165) is 37.0 Å². The molecular weight excluding hydrogens is 326 g/mol. The molecule has 0 unspecified atom stereocenters. The molecule has 0 bridgehead atoms. The fraction of sp³-hybridized carbons (Fsp3) is 0.765. The van der Waals surface area contributed by atoms with Gasteiger partial charge in [0.15, 0.2) is 6.61 Å². The minimum atomic E-state index is -0.837. The van der Waals surface area contributed by atoms with E-state index in [2.05, 4.69) is 5.32 Å². The first kappa shape index (κ1) is 17.7. The molecule has 3 aliphatic rings. The van der Waals surface area contributed by atoms with Crippen molar-refractivity contribution in [1.29, 1.82) is 0 Å². The van der Waals surface area contributed by atoms with Crippen LogP contribution in [0.2, 0.25) is 0 Å². The number of nitrogens with one attached hydrogen (secondary N) is 1. The molecular formula is C17H25N3O5. The molecule has 1 N–H and O–H groups in total. The molecule has 0 aromatic rings. The number of hydrogen-bond acceptors (Lipinski definition) is 5. The topological polar surface area (TPSA) is 96.0 Å². The molecule has 0 radical (unpaired) electrons. The van der Waals surface area contributed by atoms with Crippen LogP contribution in [0.1, 0.15) is 51.9 Å². The standard InChI is InChI=1S/C17H25N3O5/c1-12-6-2-5-9-19(12)13(21)11-25-14(22)10-20-15(23)17(18-16(20)24)7-3-4-8-17/h12H,2-11H2,1H3,(H,18,24)/t12-/m1/s1. The summed E-state index contributed by atoms with van der Waals surface area (Å²) < 4.78 is 5.01. The Bertz CT molecular complexity index is 585. The van der Waals surface area contributed by atoms with Crippen molar-refractivity contribution in [2.24, 2.45) is 0 Å². The third-order valence-electron chi connectivity index (χ3n) is 5.47. The zero-order valence-corrected chi connectivity index (χ0v) is 14.6. The van der Waals surface area contributed by atoms with Crippen LogP contribution < -0.4 is 5.32 Å². The van der Waals surface area contributed by atoms with E-state index in [0.29, 0.717) is 19.4 Å². The number of carbonyl (C=O) groups is 4. The molecule has 1 saturated carbocycles. The second kappa shape index (κ2) is 7.01. The van der Waals surface area contributed by atoms with E-state index in [1.807, 2.05) is 6.92 Å². The van der Waals surface area contributed by atoms with Gasteiger partial charge in [0.25, 0.3) is 11.8 Å². The number of amides is 4. The van der Waals surface area contributed by atoms with Crippen molar-refractivity contribution >= 4 is 23.8 Å². The van der Waals surface area contributed by atoms with E-state index in [4.69, 9.17) is 4.74 Å². The number of piperidine rings is 1. The van der Waals surface area contributed by atoms with Crippen LogP contribution in [0.15, 0.2) is 0 Å². The van der Waals surface area contributed by atoms with Crippen molar-refractivity contribution < 1.29 is 23.9 Å². The number of carbonyl (C=O) groups excluding carboxylic acids is 4. The molecule has 0 aromatic carbocycles. The summed E-state index contributed by atoms with van der Waals surface area (Å²) in [6, 6.07) is -0.409. The molecule has 0 aromatic heterocycles. The Morgan fingerprint density at radius 1 is 1.20 bits per heavy atom. The van der Waals surface area contributed by atoms with Crippen molar-refractivity contribution in [3.63, 3.8) is 0 Å². The molecule has 8 heteroatoms. The summed E-state index contributed by atoms with van der Waals surface area (Å²) in [6.07, 6.45) is 5.97. The Labute approximate surface area is 146 Å². The van der Waals surface area contributed by atoms with Gasteiger partial charge in [-0.3, -0.25) is 19.3 Å². The molecule has 1 spiro atoms. The SMILES string of the molecule is C[C@@H]1CCCCN1C(=O)COC(=O)CN1C(=O)NC2(CCCC2)C1=O. The lowest BCUT2D eigenvalue weighted by Gasteiger charge is -2.33. The van der Waals surface area contributed by atoms with Gasteiger partial charge in [-0.05, 0) is 39.0 Å². The lowest BCUT2D eigenvalue weighted by Crippen LogP contribution is -2.45. The third-order valence-corrected chi connectivity index (χ3v) is 5.47. The average molecular weight is 351 g/mol. The Kier molecular flexibility index (Phi) is 4.96. The normalized spacial score (nSPS) is 25.4. The number of imide groups is 1. The summed E-state index contributed by atoms with van der Waals surface area (Å²) in [6.45, 7) is 1.85. The maximum Gasteiger partial charge on any atom is 0.326 e. The Hall–Kier alpha value is -2.12. The summed E-state index contributed by atoms with van der Waals surface area (Å²) >= 11 is 0. The number of esters is 1. The Balaban J connectivity index is 1.50. The smallest absolute Gasteiger partial charge is 0.326 e. The third kappa shape index (κ3) is 3.48. The number of likely N-dealkylation sites (tertiary alicyclic amines) is 1. The van der Waals surface area contributed by atoms with Crippen LogP contribution in [0.3, 0.4) is 0 Å². The van der Waals surface area contributed by atoms with Crippen LogP contribution in [0.4, 0.5) is 4.79 Å². The molecule has 2 heterocycles. The molecule has 2 saturated heterocycles. The zero-order valence-electron chi connectivity index (χ0n) is 14.6. The highest BCUT2D eigenvalue weighted by molar-refractivity contribution is 6.08. The number of ether oxygens (including phenoxy) is 1. The summed E-state index contributed by atoms with van der Waals surface area (Å²) in [5, 5.41) is 2.71. The minimum absolute atomic E-state index is 0.146. The van der Waals surface area contributed by atoms with E-state index in [9.17, 15) is 19.2 Å². The molecule has 1 atom stereocenters. The van der Waals surface area contributed by atoms with Crippen molar-refractivity contribution in [3.8, 4) is 0 Å². The molecule has 138 valence electrons. The maximum absolute atomic E-state index is 12.5. The lowest BCUT2D eigenvalue weighted by atomic mass is 9.98. The monoisotopic (exact) mass is 351 g/mol. The maximum atomic E-state index is 12.5. The highest BCUT2D eigenvalue weighted by atomic mass is 16.5. The lowest BCUT2D eigenvalue weighted by molar-refractivity contribution is -0.155. The van der Waals surface area contributed by atoms with Crippen LogP contribution in [-0.2, 0) is 19.1 Å². The van der Waals surface area contributed by atoms with Gasteiger partial charge in [-0.1, -0.05) is 12.8 Å². The molecule has 8 nitrogen and oxygen atoms in total. The predicted molar refractivity (Wildman–Crippen MR) is 87.4 cm³/mol. The van der Waals surface area contributed by atoms with Gasteiger partial charge in [0.2, 0.25) is 0 Å². The Morgan fingerprint density at radius 2 is 1.92 bits per heavy atom. The second-order valence-electron chi connectivity index (χ2n) is 7.20. The molecule has 25 heavy (non-hydrogen) atoms. The summed E-state index contributed by atoms with van der Waals surface area (Å²) in [5.41, 5.74) is -0.837. The van der Waals surface area contributed by atoms with Gasteiger partial charge in [-0.25, -0.2) is 4.79 Å². The van der Waals surface area contributed by atoms with Crippen LogP contribution in [0.5, 0.6) is 0 Å². The number of urea groups is 1. The minimum Gasteiger partial charge on any atom is -0.454 e. The highest BCUT2D eigenvalue weighted by Gasteiger charge is 2.52. The van der Waals surface area contributed by atoms with Crippen LogP contribution in [0, 0.1) is 0 Å². The summed E-state index contributed by atoms with van der Waals surface area (Å²) in [7, 11) is 0. The summed E-state index contributed by atoms with van der Waals surface area (Å²) in [5.74, 6) is -1.33. The van der Waals surface area contributed by atoms with E-state index in [1.165, 1.54) is 0 Å². The molecule has 3 fully saturated rings. The summed E-state index contributed by atoms with van der Waals surface area (Å²) in [4.78, 5) is 51.3. The largest absolute Gasteiger partial charge is 0.454 e.